The Morgan fingerprint density at radius 1 is 1.14 bits per heavy atom. The van der Waals surface area contributed by atoms with Crippen molar-refractivity contribution in [3.05, 3.63) is 58.8 Å². The van der Waals surface area contributed by atoms with Gasteiger partial charge in [-0.15, -0.1) is 0 Å². The first-order valence-corrected chi connectivity index (χ1v) is 8.34. The summed E-state index contributed by atoms with van der Waals surface area (Å²) in [4.78, 5) is 12.4. The Hall–Kier alpha value is -3.38. The summed E-state index contributed by atoms with van der Waals surface area (Å²) in [6.45, 7) is 0. The predicted octanol–water partition coefficient (Wildman–Crippen LogP) is 4.83. The molecule has 0 unspecified atom stereocenters. The second-order valence-electron chi connectivity index (χ2n) is 5.52. The van der Waals surface area contributed by atoms with Gasteiger partial charge in [0.25, 0.3) is 5.91 Å². The van der Waals surface area contributed by atoms with Crippen molar-refractivity contribution in [3.63, 3.8) is 0 Å². The summed E-state index contributed by atoms with van der Waals surface area (Å²) in [7, 11) is 2.82. The molecular formula is C19H15ClF3N3O3. The van der Waals surface area contributed by atoms with E-state index in [2.05, 4.69) is 10.6 Å². The van der Waals surface area contributed by atoms with Gasteiger partial charge >= 0.3 is 6.18 Å². The van der Waals surface area contributed by atoms with Crippen LogP contribution in [0.15, 0.2) is 48.2 Å². The van der Waals surface area contributed by atoms with Crippen molar-refractivity contribution in [1.29, 1.82) is 5.26 Å². The van der Waals surface area contributed by atoms with E-state index in [0.29, 0.717) is 11.5 Å². The average Bonchev–Trinajstić information content (AvgIpc) is 2.68. The maximum Gasteiger partial charge on any atom is 0.418 e. The number of nitrogens with zero attached hydrogens (tertiary/aromatic N) is 1. The second kappa shape index (κ2) is 9.21. The number of ether oxygens (including phenoxy) is 2. The molecule has 29 heavy (non-hydrogen) atoms. The second-order valence-corrected chi connectivity index (χ2v) is 5.96. The molecule has 0 saturated heterocycles. The van der Waals surface area contributed by atoms with Crippen LogP contribution in [0.2, 0.25) is 5.02 Å². The lowest BCUT2D eigenvalue weighted by atomic mass is 10.1. The Morgan fingerprint density at radius 3 is 2.45 bits per heavy atom. The third-order valence-corrected chi connectivity index (χ3v) is 3.91. The number of nitriles is 1. The number of carbonyl (C=O) groups is 1. The van der Waals surface area contributed by atoms with Gasteiger partial charge in [0.05, 0.1) is 31.2 Å². The summed E-state index contributed by atoms with van der Waals surface area (Å²) < 4.78 is 49.6. The largest absolute Gasteiger partial charge is 0.497 e. The SMILES string of the molecule is COc1ccc(OC)c(NC(=O)/C(C#N)=C\Nc2ccc(Cl)cc2C(F)(F)F)c1. The predicted molar refractivity (Wildman–Crippen MR) is 102 cm³/mol. The number of rotatable bonds is 6. The van der Waals surface area contributed by atoms with Crippen LogP contribution >= 0.6 is 11.6 Å². The number of amides is 1. The standard InChI is InChI=1S/C19H15ClF3N3O3/c1-28-13-4-6-17(29-2)16(8-13)26-18(27)11(9-24)10-25-15-5-3-12(20)7-14(15)19(21,22)23/h3-8,10,25H,1-2H3,(H,26,27)/b11-10-. The summed E-state index contributed by atoms with van der Waals surface area (Å²) in [6.07, 6.45) is -3.80. The first-order chi connectivity index (χ1) is 13.7. The first kappa shape index (κ1) is 21.9. The van der Waals surface area contributed by atoms with Crippen molar-refractivity contribution in [2.24, 2.45) is 0 Å². The summed E-state index contributed by atoms with van der Waals surface area (Å²) in [6, 6.07) is 9.35. The van der Waals surface area contributed by atoms with Gasteiger partial charge in [0.1, 0.15) is 23.1 Å². The fraction of sp³-hybridized carbons (Fsp3) is 0.158. The monoisotopic (exact) mass is 425 g/mol. The Labute approximate surface area is 169 Å². The van der Waals surface area contributed by atoms with Crippen molar-refractivity contribution in [1.82, 2.24) is 0 Å². The van der Waals surface area contributed by atoms with Gasteiger partial charge in [-0.2, -0.15) is 18.4 Å². The lowest BCUT2D eigenvalue weighted by Crippen LogP contribution is -2.16. The van der Waals surface area contributed by atoms with E-state index in [-0.39, 0.29) is 16.4 Å². The van der Waals surface area contributed by atoms with Crippen LogP contribution in [-0.2, 0) is 11.0 Å². The van der Waals surface area contributed by atoms with E-state index in [1.54, 1.807) is 18.2 Å². The molecule has 0 saturated carbocycles. The number of alkyl halides is 3. The summed E-state index contributed by atoms with van der Waals surface area (Å²) in [5, 5.41) is 13.9. The van der Waals surface area contributed by atoms with Crippen LogP contribution in [0, 0.1) is 11.3 Å². The molecule has 0 heterocycles. The molecule has 0 aromatic heterocycles. The molecule has 0 bridgehead atoms. The quantitative estimate of drug-likeness (QED) is 0.511. The maximum atomic E-state index is 13.1. The molecule has 2 aromatic rings. The molecule has 0 spiro atoms. The number of nitrogens with one attached hydrogen (secondary N) is 2. The third-order valence-electron chi connectivity index (χ3n) is 3.68. The molecule has 0 aliphatic carbocycles. The van der Waals surface area contributed by atoms with Crippen LogP contribution in [0.3, 0.4) is 0 Å². The Kier molecular flexibility index (Phi) is 6.96. The van der Waals surface area contributed by atoms with Gasteiger partial charge in [-0.25, -0.2) is 0 Å². The smallest absolute Gasteiger partial charge is 0.418 e. The molecule has 2 rings (SSSR count). The number of methoxy groups -OCH3 is 2. The van der Waals surface area contributed by atoms with Gasteiger partial charge in [0.15, 0.2) is 0 Å². The number of hydrogen-bond donors (Lipinski definition) is 2. The van der Waals surface area contributed by atoms with Gasteiger partial charge in [0.2, 0.25) is 0 Å². The molecule has 1 amide bonds. The van der Waals surface area contributed by atoms with Gasteiger partial charge in [-0.1, -0.05) is 11.6 Å². The summed E-state index contributed by atoms with van der Waals surface area (Å²) in [5.74, 6) is -0.117. The normalized spacial score (nSPS) is 11.4. The van der Waals surface area contributed by atoms with E-state index >= 15 is 0 Å². The molecule has 0 aliphatic rings. The van der Waals surface area contributed by atoms with Crippen molar-refractivity contribution in [2.45, 2.75) is 6.18 Å². The maximum absolute atomic E-state index is 13.1. The van der Waals surface area contributed by atoms with Crippen molar-refractivity contribution in [2.75, 3.05) is 24.9 Å². The lowest BCUT2D eigenvalue weighted by Gasteiger charge is -2.14. The lowest BCUT2D eigenvalue weighted by molar-refractivity contribution is -0.136. The zero-order chi connectivity index (χ0) is 21.6. The molecule has 0 fully saturated rings. The minimum atomic E-state index is -4.68. The van der Waals surface area contributed by atoms with Crippen molar-refractivity contribution < 1.29 is 27.4 Å². The molecule has 10 heteroatoms. The van der Waals surface area contributed by atoms with E-state index < -0.39 is 23.2 Å². The highest BCUT2D eigenvalue weighted by molar-refractivity contribution is 6.30. The van der Waals surface area contributed by atoms with E-state index in [1.807, 2.05) is 0 Å². The Morgan fingerprint density at radius 2 is 1.86 bits per heavy atom. The highest BCUT2D eigenvalue weighted by atomic mass is 35.5. The van der Waals surface area contributed by atoms with Crippen LogP contribution in [0.25, 0.3) is 0 Å². The minimum absolute atomic E-state index is 0.102. The summed E-state index contributed by atoms with van der Waals surface area (Å²) in [5.41, 5.74) is -1.63. The van der Waals surface area contributed by atoms with Gasteiger partial charge in [0, 0.05) is 17.3 Å². The van der Waals surface area contributed by atoms with Crippen LogP contribution in [0.1, 0.15) is 5.56 Å². The Balaban J connectivity index is 2.28. The highest BCUT2D eigenvalue weighted by Crippen LogP contribution is 2.36. The average molecular weight is 426 g/mol. The molecule has 0 aliphatic heterocycles. The van der Waals surface area contributed by atoms with E-state index in [9.17, 15) is 23.2 Å². The fourth-order valence-corrected chi connectivity index (χ4v) is 2.45. The molecule has 152 valence electrons. The first-order valence-electron chi connectivity index (χ1n) is 7.96. The molecule has 2 aromatic carbocycles. The minimum Gasteiger partial charge on any atom is -0.497 e. The van der Waals surface area contributed by atoms with Gasteiger partial charge in [-0.3, -0.25) is 4.79 Å². The molecule has 0 atom stereocenters. The Bertz CT molecular complexity index is 985. The molecule has 2 N–H and O–H groups in total. The van der Waals surface area contributed by atoms with Crippen LogP contribution < -0.4 is 20.1 Å². The number of hydrogen-bond acceptors (Lipinski definition) is 5. The van der Waals surface area contributed by atoms with Crippen LogP contribution in [-0.4, -0.2) is 20.1 Å². The van der Waals surface area contributed by atoms with E-state index in [0.717, 1.165) is 18.3 Å². The molecular weight excluding hydrogens is 411 g/mol. The molecule has 0 radical (unpaired) electrons. The topological polar surface area (TPSA) is 83.4 Å². The zero-order valence-corrected chi connectivity index (χ0v) is 16.0. The fourth-order valence-electron chi connectivity index (χ4n) is 2.28. The van der Waals surface area contributed by atoms with Crippen LogP contribution in [0.4, 0.5) is 24.5 Å². The molecule has 6 nitrogen and oxygen atoms in total. The van der Waals surface area contributed by atoms with E-state index in [4.69, 9.17) is 21.1 Å². The highest BCUT2D eigenvalue weighted by Gasteiger charge is 2.33. The number of benzene rings is 2. The third kappa shape index (κ3) is 5.56. The van der Waals surface area contributed by atoms with Crippen molar-refractivity contribution in [3.8, 4) is 17.6 Å². The summed E-state index contributed by atoms with van der Waals surface area (Å²) >= 11 is 5.63. The number of anilines is 2. The number of halogens is 4. The number of carbonyl (C=O) groups excluding carboxylic acids is 1. The van der Waals surface area contributed by atoms with Crippen LogP contribution in [0.5, 0.6) is 11.5 Å². The van der Waals surface area contributed by atoms with Crippen molar-refractivity contribution >= 4 is 28.9 Å². The van der Waals surface area contributed by atoms with Gasteiger partial charge < -0.3 is 20.1 Å². The van der Waals surface area contributed by atoms with Gasteiger partial charge in [-0.05, 0) is 30.3 Å². The van der Waals surface area contributed by atoms with E-state index in [1.165, 1.54) is 26.4 Å². The zero-order valence-electron chi connectivity index (χ0n) is 15.2.